The fourth-order valence-corrected chi connectivity index (χ4v) is 5.03. The van der Waals surface area contributed by atoms with Gasteiger partial charge >= 0.3 is 0 Å². The third kappa shape index (κ3) is 5.86. The molecule has 1 aromatic heterocycles. The number of nitrogens with one attached hydrogen (secondary N) is 1. The first-order valence-electron chi connectivity index (χ1n) is 12.6. The molecule has 0 radical (unpaired) electrons. The number of aromatic nitrogens is 2. The van der Waals surface area contributed by atoms with E-state index in [0.717, 1.165) is 52.3 Å². The molecule has 0 saturated heterocycles. The van der Waals surface area contributed by atoms with Crippen LogP contribution in [-0.2, 0) is 17.6 Å². The minimum atomic E-state index is -0.0752. The van der Waals surface area contributed by atoms with E-state index in [2.05, 4.69) is 34.6 Å². The highest BCUT2D eigenvalue weighted by molar-refractivity contribution is 5.93. The van der Waals surface area contributed by atoms with Crippen molar-refractivity contribution in [2.45, 2.75) is 51.4 Å². The van der Waals surface area contributed by atoms with Gasteiger partial charge in [0.05, 0.1) is 24.0 Å². The molecule has 1 fully saturated rings. The topological polar surface area (TPSA) is 80.9 Å². The molecular weight excluding hydrogens is 432 g/mol. The van der Waals surface area contributed by atoms with Crippen LogP contribution in [0.5, 0.6) is 0 Å². The Hall–Kier alpha value is -3.73. The number of aryl methyl sites for hydroxylation is 1. The molecule has 5 heteroatoms. The van der Waals surface area contributed by atoms with Crippen LogP contribution in [0.15, 0.2) is 72.9 Å². The average molecular weight is 465 g/mol. The van der Waals surface area contributed by atoms with Crippen LogP contribution in [0.1, 0.15) is 49.8 Å². The molecule has 3 aromatic carbocycles. The Bertz CT molecular complexity index is 1310. The lowest BCUT2D eigenvalue weighted by molar-refractivity contribution is -0.115. The summed E-state index contributed by atoms with van der Waals surface area (Å²) in [6.45, 7) is 0. The molecule has 0 aliphatic heterocycles. The number of rotatable bonds is 7. The Morgan fingerprint density at radius 1 is 0.943 bits per heavy atom. The van der Waals surface area contributed by atoms with Gasteiger partial charge in [-0.15, -0.1) is 0 Å². The predicted octanol–water partition coefficient (Wildman–Crippen LogP) is 6.57. The van der Waals surface area contributed by atoms with Crippen LogP contribution in [0.4, 0.5) is 11.5 Å². The first-order chi connectivity index (χ1) is 17.1. The van der Waals surface area contributed by atoms with Crippen LogP contribution in [0.2, 0.25) is 0 Å². The van der Waals surface area contributed by atoms with Crippen molar-refractivity contribution in [2.24, 2.45) is 5.92 Å². The molecule has 5 nitrogen and oxygen atoms in total. The van der Waals surface area contributed by atoms with E-state index in [1.165, 1.54) is 37.5 Å². The highest BCUT2D eigenvalue weighted by Gasteiger charge is 2.17. The van der Waals surface area contributed by atoms with Crippen molar-refractivity contribution in [3.05, 3.63) is 84.2 Å². The number of amides is 1. The number of carbonyl (C=O) groups excluding carboxylic acids is 1. The molecule has 1 saturated carbocycles. The summed E-state index contributed by atoms with van der Waals surface area (Å²) in [5, 5.41) is 5.36. The summed E-state index contributed by atoms with van der Waals surface area (Å²) in [6.07, 6.45) is 10.5. The molecular formula is C30H32N4O. The van der Waals surface area contributed by atoms with Gasteiger partial charge in [0.2, 0.25) is 5.91 Å². The molecule has 1 aliphatic carbocycles. The second-order valence-electron chi connectivity index (χ2n) is 9.62. The zero-order valence-corrected chi connectivity index (χ0v) is 20.0. The molecule has 3 N–H and O–H groups in total. The average Bonchev–Trinajstić information content (AvgIpc) is 2.89. The number of nitrogen functional groups attached to an aromatic ring is 1. The van der Waals surface area contributed by atoms with Crippen molar-refractivity contribution in [1.82, 2.24) is 9.97 Å². The molecule has 1 aliphatic rings. The normalized spacial score (nSPS) is 14.2. The predicted molar refractivity (Wildman–Crippen MR) is 143 cm³/mol. The third-order valence-corrected chi connectivity index (χ3v) is 7.00. The summed E-state index contributed by atoms with van der Waals surface area (Å²) in [4.78, 5) is 22.6. The van der Waals surface area contributed by atoms with Gasteiger partial charge in [-0.1, -0.05) is 86.7 Å². The first kappa shape index (κ1) is 23.0. The van der Waals surface area contributed by atoms with Crippen LogP contribution >= 0.6 is 0 Å². The van der Waals surface area contributed by atoms with Crippen LogP contribution < -0.4 is 11.1 Å². The molecule has 1 heterocycles. The number of fused-ring (bicyclic) bond motifs is 1. The summed E-state index contributed by atoms with van der Waals surface area (Å²) < 4.78 is 0. The maximum atomic E-state index is 13.0. The number of carbonyl (C=O) groups is 1. The van der Waals surface area contributed by atoms with Gasteiger partial charge in [-0.25, -0.2) is 9.97 Å². The SMILES string of the molecule is Nc1ccc(-c2cnc(NC(=O)Cc3ccc4ccccc4c3)c(CCC3CCCCC3)n2)cc1. The van der Waals surface area contributed by atoms with E-state index in [1.54, 1.807) is 6.20 Å². The summed E-state index contributed by atoms with van der Waals surface area (Å²) in [5.74, 6) is 1.23. The maximum absolute atomic E-state index is 13.0. The smallest absolute Gasteiger partial charge is 0.229 e. The Labute approximate surface area is 206 Å². The van der Waals surface area contributed by atoms with E-state index in [-0.39, 0.29) is 5.91 Å². The molecule has 5 rings (SSSR count). The lowest BCUT2D eigenvalue weighted by Gasteiger charge is -2.21. The number of nitrogens with two attached hydrogens (primary N) is 1. The molecule has 0 bridgehead atoms. The van der Waals surface area contributed by atoms with Crippen molar-refractivity contribution in [3.8, 4) is 11.3 Å². The summed E-state index contributed by atoms with van der Waals surface area (Å²) >= 11 is 0. The Morgan fingerprint density at radius 2 is 1.71 bits per heavy atom. The van der Waals surface area contributed by atoms with E-state index in [1.807, 2.05) is 42.5 Å². The van der Waals surface area contributed by atoms with E-state index in [0.29, 0.717) is 12.2 Å². The molecule has 0 spiro atoms. The minimum absolute atomic E-state index is 0.0752. The van der Waals surface area contributed by atoms with Gasteiger partial charge in [-0.3, -0.25) is 4.79 Å². The van der Waals surface area contributed by atoms with Gasteiger partial charge in [0, 0.05) is 11.3 Å². The summed E-state index contributed by atoms with van der Waals surface area (Å²) in [5.41, 5.74) is 10.2. The second kappa shape index (κ2) is 10.7. The van der Waals surface area contributed by atoms with Gasteiger partial charge in [0.15, 0.2) is 5.82 Å². The van der Waals surface area contributed by atoms with Gasteiger partial charge < -0.3 is 11.1 Å². The van der Waals surface area contributed by atoms with Crippen molar-refractivity contribution in [3.63, 3.8) is 0 Å². The summed E-state index contributed by atoms with van der Waals surface area (Å²) in [7, 11) is 0. The number of nitrogens with zero attached hydrogens (tertiary/aromatic N) is 2. The number of hydrogen-bond acceptors (Lipinski definition) is 4. The van der Waals surface area contributed by atoms with Crippen LogP contribution in [0.25, 0.3) is 22.0 Å². The number of hydrogen-bond donors (Lipinski definition) is 2. The lowest BCUT2D eigenvalue weighted by Crippen LogP contribution is -2.18. The van der Waals surface area contributed by atoms with Gasteiger partial charge in [0.25, 0.3) is 0 Å². The van der Waals surface area contributed by atoms with Crippen LogP contribution in [0, 0.1) is 5.92 Å². The number of benzene rings is 3. The Balaban J connectivity index is 1.35. The van der Waals surface area contributed by atoms with Crippen molar-refractivity contribution in [2.75, 3.05) is 11.1 Å². The van der Waals surface area contributed by atoms with Gasteiger partial charge in [0.1, 0.15) is 0 Å². The highest BCUT2D eigenvalue weighted by Crippen LogP contribution is 2.29. The van der Waals surface area contributed by atoms with E-state index >= 15 is 0 Å². The molecule has 4 aromatic rings. The maximum Gasteiger partial charge on any atom is 0.229 e. The molecule has 0 atom stereocenters. The molecule has 1 amide bonds. The van der Waals surface area contributed by atoms with Crippen molar-refractivity contribution >= 4 is 28.2 Å². The Kier molecular flexibility index (Phi) is 7.03. The standard InChI is InChI=1S/C30H32N4O/c31-26-15-13-24(14-16-26)28-20-32-30(27(33-28)17-11-21-6-2-1-3-7-21)34-29(35)19-22-10-12-23-8-4-5-9-25(23)18-22/h4-5,8-10,12-16,18,20-21H,1-3,6-7,11,17,19,31H2,(H,32,34,35). The fourth-order valence-electron chi connectivity index (χ4n) is 5.03. The van der Waals surface area contributed by atoms with E-state index in [4.69, 9.17) is 10.7 Å². The Morgan fingerprint density at radius 3 is 2.51 bits per heavy atom. The van der Waals surface area contributed by atoms with Crippen LogP contribution in [0.3, 0.4) is 0 Å². The lowest BCUT2D eigenvalue weighted by atomic mass is 9.86. The van der Waals surface area contributed by atoms with Gasteiger partial charge in [-0.2, -0.15) is 0 Å². The monoisotopic (exact) mass is 464 g/mol. The first-order valence-corrected chi connectivity index (χ1v) is 12.6. The zero-order chi connectivity index (χ0) is 24.0. The fraction of sp³-hybridized carbons (Fsp3) is 0.300. The third-order valence-electron chi connectivity index (χ3n) is 7.00. The zero-order valence-electron chi connectivity index (χ0n) is 20.0. The molecule has 35 heavy (non-hydrogen) atoms. The van der Waals surface area contributed by atoms with Gasteiger partial charge in [-0.05, 0) is 47.2 Å². The van der Waals surface area contributed by atoms with Crippen LogP contribution in [-0.4, -0.2) is 15.9 Å². The second-order valence-corrected chi connectivity index (χ2v) is 9.62. The van der Waals surface area contributed by atoms with E-state index in [9.17, 15) is 4.79 Å². The van der Waals surface area contributed by atoms with Crippen molar-refractivity contribution in [1.29, 1.82) is 0 Å². The van der Waals surface area contributed by atoms with Crippen molar-refractivity contribution < 1.29 is 4.79 Å². The quantitative estimate of drug-likeness (QED) is 0.303. The van der Waals surface area contributed by atoms with E-state index < -0.39 is 0 Å². The summed E-state index contributed by atoms with van der Waals surface area (Å²) in [6, 6.07) is 22.0. The molecule has 0 unspecified atom stereocenters. The highest BCUT2D eigenvalue weighted by atomic mass is 16.1. The minimum Gasteiger partial charge on any atom is -0.399 e. The largest absolute Gasteiger partial charge is 0.399 e. The molecule has 178 valence electrons. The number of anilines is 2.